The molecule has 0 heterocycles. The van der Waals surface area contributed by atoms with Crippen LogP contribution in [0.2, 0.25) is 39.3 Å². The molecule has 0 bridgehead atoms. The minimum Gasteiger partial charge on any atom is -0.0656 e. The Bertz CT molecular complexity index is 766. The SMILES string of the molecule is Cc1ccc(-c2ccc(C(C)(C)C)cc2[Si](C)(C)C)c([Si](C)(C)C)c1. The summed E-state index contributed by atoms with van der Waals surface area (Å²) in [6.07, 6.45) is 0. The minimum atomic E-state index is -1.45. The van der Waals surface area contributed by atoms with E-state index < -0.39 is 16.1 Å². The van der Waals surface area contributed by atoms with Gasteiger partial charge >= 0.3 is 0 Å². The maximum Gasteiger partial charge on any atom is 0.0784 e. The summed E-state index contributed by atoms with van der Waals surface area (Å²) < 4.78 is 0. The summed E-state index contributed by atoms with van der Waals surface area (Å²) in [6.45, 7) is 24.0. The molecular formula is C23H36Si2. The minimum absolute atomic E-state index is 0.196. The summed E-state index contributed by atoms with van der Waals surface area (Å²) in [5, 5.41) is 3.19. The van der Waals surface area contributed by atoms with Gasteiger partial charge in [-0.25, -0.2) is 0 Å². The van der Waals surface area contributed by atoms with Crippen LogP contribution in [0.4, 0.5) is 0 Å². The predicted octanol–water partition coefficient (Wildman–Crippen LogP) is 6.05. The van der Waals surface area contributed by atoms with Crippen LogP contribution >= 0.6 is 0 Å². The van der Waals surface area contributed by atoms with E-state index in [1.165, 1.54) is 22.3 Å². The van der Waals surface area contributed by atoms with Crippen LogP contribution in [0, 0.1) is 6.92 Å². The van der Waals surface area contributed by atoms with Crippen molar-refractivity contribution in [3.8, 4) is 11.1 Å². The highest BCUT2D eigenvalue weighted by Crippen LogP contribution is 2.28. The molecule has 2 heteroatoms. The van der Waals surface area contributed by atoms with Crippen LogP contribution in [-0.2, 0) is 5.41 Å². The topological polar surface area (TPSA) is 0 Å². The summed E-state index contributed by atoms with van der Waals surface area (Å²) in [5.74, 6) is 0. The Morgan fingerprint density at radius 1 is 0.640 bits per heavy atom. The van der Waals surface area contributed by atoms with Gasteiger partial charge in [0.1, 0.15) is 0 Å². The van der Waals surface area contributed by atoms with E-state index in [9.17, 15) is 0 Å². The zero-order valence-corrected chi connectivity index (χ0v) is 20.0. The zero-order valence-electron chi connectivity index (χ0n) is 18.0. The molecule has 0 aliphatic carbocycles. The van der Waals surface area contributed by atoms with Crippen LogP contribution in [-0.4, -0.2) is 16.1 Å². The molecule has 0 fully saturated rings. The van der Waals surface area contributed by atoms with Gasteiger partial charge in [-0.15, -0.1) is 0 Å². The third-order valence-electron chi connectivity index (χ3n) is 4.97. The molecule has 25 heavy (non-hydrogen) atoms. The lowest BCUT2D eigenvalue weighted by Crippen LogP contribution is -2.43. The number of hydrogen-bond acceptors (Lipinski definition) is 0. The van der Waals surface area contributed by atoms with Crippen LogP contribution in [0.25, 0.3) is 11.1 Å². The van der Waals surface area contributed by atoms with Crippen LogP contribution < -0.4 is 10.4 Å². The molecule has 2 aromatic carbocycles. The second-order valence-electron chi connectivity index (χ2n) is 10.6. The first-order valence-corrected chi connectivity index (χ1v) is 16.5. The molecule has 0 aromatic heterocycles. The second-order valence-corrected chi connectivity index (χ2v) is 20.6. The number of aryl methyl sites for hydroxylation is 1. The van der Waals surface area contributed by atoms with Gasteiger partial charge in [0.15, 0.2) is 0 Å². The molecular weight excluding hydrogens is 332 g/mol. The predicted molar refractivity (Wildman–Crippen MR) is 121 cm³/mol. The first kappa shape index (κ1) is 20.2. The van der Waals surface area contributed by atoms with E-state index in [4.69, 9.17) is 0 Å². The molecule has 0 aliphatic rings. The fourth-order valence-electron chi connectivity index (χ4n) is 3.38. The van der Waals surface area contributed by atoms with E-state index in [0.717, 1.165) is 0 Å². The summed E-state index contributed by atoms with van der Waals surface area (Å²) in [5.41, 5.74) is 5.98. The van der Waals surface area contributed by atoms with Gasteiger partial charge in [0.05, 0.1) is 16.1 Å². The van der Waals surface area contributed by atoms with E-state index in [1.54, 1.807) is 10.4 Å². The Hall–Kier alpha value is -1.13. The molecule has 0 amide bonds. The van der Waals surface area contributed by atoms with Crippen molar-refractivity contribution in [1.29, 1.82) is 0 Å². The lowest BCUT2D eigenvalue weighted by Gasteiger charge is -2.29. The molecule has 0 saturated carbocycles. The molecule has 2 rings (SSSR count). The molecule has 0 saturated heterocycles. The van der Waals surface area contributed by atoms with Crippen LogP contribution in [0.3, 0.4) is 0 Å². The number of benzene rings is 2. The van der Waals surface area contributed by atoms with Gasteiger partial charge in [0, 0.05) is 0 Å². The highest BCUT2D eigenvalue weighted by atomic mass is 28.3. The third-order valence-corrected chi connectivity index (χ3v) is 9.03. The first-order chi connectivity index (χ1) is 11.2. The average Bonchev–Trinajstić information content (AvgIpc) is 2.44. The van der Waals surface area contributed by atoms with Crippen LogP contribution in [0.5, 0.6) is 0 Å². The highest BCUT2D eigenvalue weighted by Gasteiger charge is 2.27. The van der Waals surface area contributed by atoms with Gasteiger partial charge < -0.3 is 0 Å². The van der Waals surface area contributed by atoms with E-state index in [-0.39, 0.29) is 5.41 Å². The summed E-state index contributed by atoms with van der Waals surface area (Å²) in [6, 6.07) is 14.4. The lowest BCUT2D eigenvalue weighted by molar-refractivity contribution is 0.591. The zero-order chi connectivity index (χ0) is 19.2. The van der Waals surface area contributed by atoms with Gasteiger partial charge in [-0.1, -0.05) is 112 Å². The number of hydrogen-bond donors (Lipinski definition) is 0. The Morgan fingerprint density at radius 2 is 1.08 bits per heavy atom. The molecule has 2 aromatic rings. The van der Waals surface area contributed by atoms with Gasteiger partial charge in [0.2, 0.25) is 0 Å². The molecule has 136 valence electrons. The summed E-state index contributed by atoms with van der Waals surface area (Å²) >= 11 is 0. The van der Waals surface area contributed by atoms with Crippen molar-refractivity contribution in [1.82, 2.24) is 0 Å². The van der Waals surface area contributed by atoms with Crippen molar-refractivity contribution in [2.45, 2.75) is 72.4 Å². The van der Waals surface area contributed by atoms with Gasteiger partial charge in [-0.2, -0.15) is 0 Å². The molecule has 0 aliphatic heterocycles. The molecule has 0 spiro atoms. The Balaban J connectivity index is 2.81. The fourth-order valence-corrected chi connectivity index (χ4v) is 6.68. The standard InChI is InChI=1S/C23H36Si2/c1-17-11-13-19(21(15-17)24(5,6)7)20-14-12-18(23(2,3)4)16-22(20)25(8,9)10/h11-16H,1-10H3. The molecule has 0 N–H and O–H groups in total. The van der Waals surface area contributed by atoms with E-state index in [2.05, 4.69) is 103 Å². The van der Waals surface area contributed by atoms with Gasteiger partial charge in [-0.3, -0.25) is 0 Å². The van der Waals surface area contributed by atoms with Crippen molar-refractivity contribution in [3.63, 3.8) is 0 Å². The van der Waals surface area contributed by atoms with E-state index >= 15 is 0 Å². The Morgan fingerprint density at radius 3 is 1.52 bits per heavy atom. The molecule has 0 nitrogen and oxygen atoms in total. The third kappa shape index (κ3) is 4.54. The lowest BCUT2D eigenvalue weighted by atomic mass is 9.86. The maximum atomic E-state index is 2.51. The van der Waals surface area contributed by atoms with Crippen molar-refractivity contribution >= 4 is 26.5 Å². The molecule has 0 unspecified atom stereocenters. The highest BCUT2D eigenvalue weighted by molar-refractivity contribution is 6.91. The summed E-state index contributed by atoms with van der Waals surface area (Å²) in [4.78, 5) is 0. The van der Waals surface area contributed by atoms with Crippen LogP contribution in [0.15, 0.2) is 36.4 Å². The normalized spacial score (nSPS) is 13.2. The maximum absolute atomic E-state index is 2.51. The monoisotopic (exact) mass is 368 g/mol. The van der Waals surface area contributed by atoms with E-state index in [1.807, 2.05) is 0 Å². The van der Waals surface area contributed by atoms with E-state index in [0.29, 0.717) is 0 Å². The number of rotatable bonds is 3. The Labute approximate surface area is 157 Å². The second kappa shape index (κ2) is 6.55. The van der Waals surface area contributed by atoms with Crippen molar-refractivity contribution in [3.05, 3.63) is 47.5 Å². The van der Waals surface area contributed by atoms with Crippen molar-refractivity contribution in [2.24, 2.45) is 0 Å². The smallest absolute Gasteiger partial charge is 0.0656 e. The van der Waals surface area contributed by atoms with Crippen LogP contribution in [0.1, 0.15) is 31.9 Å². The average molecular weight is 369 g/mol. The van der Waals surface area contributed by atoms with Gasteiger partial charge in [0.25, 0.3) is 0 Å². The Kier molecular flexibility index (Phi) is 5.29. The summed E-state index contributed by atoms with van der Waals surface area (Å²) in [7, 11) is -2.86. The first-order valence-electron chi connectivity index (χ1n) is 9.48. The molecule has 0 atom stereocenters. The van der Waals surface area contributed by atoms with Gasteiger partial charge in [-0.05, 0) is 29.0 Å². The van der Waals surface area contributed by atoms with Crippen molar-refractivity contribution in [2.75, 3.05) is 0 Å². The largest absolute Gasteiger partial charge is 0.0784 e. The quantitative estimate of drug-likeness (QED) is 0.578. The fraction of sp³-hybridized carbons (Fsp3) is 0.478. The molecule has 0 radical (unpaired) electrons. The van der Waals surface area contributed by atoms with Crippen molar-refractivity contribution < 1.29 is 0 Å².